The van der Waals surface area contributed by atoms with Crippen molar-refractivity contribution in [2.24, 2.45) is 22.7 Å². The molecule has 0 aromatic heterocycles. The van der Waals surface area contributed by atoms with Gasteiger partial charge in [0.05, 0.1) is 64.7 Å². The molecule has 4 heterocycles. The van der Waals surface area contributed by atoms with Gasteiger partial charge in [-0.25, -0.2) is 9.80 Å². The second-order valence-electron chi connectivity index (χ2n) is 20.8. The quantitative estimate of drug-likeness (QED) is 0.143. The third-order valence-electron chi connectivity index (χ3n) is 14.1. The molecule has 2 saturated carbocycles. The van der Waals surface area contributed by atoms with Crippen LogP contribution in [-0.2, 0) is 13.5 Å². The van der Waals surface area contributed by atoms with Crippen molar-refractivity contribution in [3.8, 4) is 0 Å². The van der Waals surface area contributed by atoms with Crippen LogP contribution in [-0.4, -0.2) is 58.0 Å². The zero-order valence-electron chi connectivity index (χ0n) is 37.7. The number of anilines is 2. The van der Waals surface area contributed by atoms with Gasteiger partial charge in [-0.05, 0) is 116 Å². The standard InChI is InChI=1S/2C21H34N2.C7H6.2ClH.Ru/c2*1-15-11-18(23(6,7)8)12-16(2)19(15)22-14-20(4)9-10-21(22,5)13-17(20)3;1-7-5-3-2-4-6-7;;;/h2*11-12,14,17H,9-10,13H2,1-8H3;1-6H;2*1H;/q2*+2;;;;+2/p-2. The molecule has 308 valence electrons. The van der Waals surface area contributed by atoms with Crippen molar-refractivity contribution in [3.63, 3.8) is 0 Å². The Bertz CT molecular complexity index is 1750. The summed E-state index contributed by atoms with van der Waals surface area (Å²) in [5.41, 5.74) is 13.7. The first kappa shape index (κ1) is 45.1. The third-order valence-corrected chi connectivity index (χ3v) is 16.0. The van der Waals surface area contributed by atoms with Crippen molar-refractivity contribution in [2.45, 2.75) is 119 Å². The van der Waals surface area contributed by atoms with Crippen LogP contribution in [0.25, 0.3) is 0 Å². The van der Waals surface area contributed by atoms with Crippen LogP contribution in [0, 0.1) is 63.5 Å². The average Bonchev–Trinajstić information content (AvgIpc) is 3.06. The van der Waals surface area contributed by atoms with E-state index in [0.717, 1.165) is 26.4 Å². The second kappa shape index (κ2) is 16.2. The molecular formula is C49H74Cl2N4Ru+4. The van der Waals surface area contributed by atoms with Crippen molar-refractivity contribution in [1.82, 2.24) is 8.97 Å². The zero-order chi connectivity index (χ0) is 41.8. The molecule has 7 heteroatoms. The number of fused-ring (bicyclic) bond motifs is 6. The summed E-state index contributed by atoms with van der Waals surface area (Å²) in [4.78, 5) is 5.28. The van der Waals surface area contributed by atoms with Crippen LogP contribution in [0.2, 0.25) is 0 Å². The van der Waals surface area contributed by atoms with Crippen molar-refractivity contribution in [1.29, 1.82) is 0 Å². The van der Waals surface area contributed by atoms with Crippen LogP contribution >= 0.6 is 19.4 Å². The summed E-state index contributed by atoms with van der Waals surface area (Å²) < 4.78 is 3.67. The molecule has 4 aliphatic heterocycles. The van der Waals surface area contributed by atoms with Crippen molar-refractivity contribution in [3.05, 3.63) is 95.5 Å². The number of aryl methyl sites for hydroxylation is 4. The van der Waals surface area contributed by atoms with Crippen LogP contribution in [0.5, 0.6) is 0 Å². The van der Waals surface area contributed by atoms with E-state index in [1.54, 1.807) is 0 Å². The molecule has 2 aliphatic carbocycles. The number of quaternary nitrogens is 2. The fourth-order valence-corrected chi connectivity index (χ4v) is 11.8. The number of halogens is 2. The Labute approximate surface area is 356 Å². The molecule has 0 radical (unpaired) electrons. The summed E-state index contributed by atoms with van der Waals surface area (Å²) in [5.74, 6) is 1.56. The van der Waals surface area contributed by atoms with E-state index in [-0.39, 0.29) is 11.1 Å². The molecule has 3 aromatic rings. The molecular weight excluding hydrogens is 817 g/mol. The summed E-state index contributed by atoms with van der Waals surface area (Å²) >= 11 is -1.61. The molecule has 6 aliphatic rings. The van der Waals surface area contributed by atoms with Gasteiger partial charge in [-0.3, -0.25) is 8.97 Å². The topological polar surface area (TPSA) is 6.48 Å². The number of nitrogens with zero attached hydrogens (tertiary/aromatic N) is 4. The van der Waals surface area contributed by atoms with Crippen LogP contribution in [0.15, 0.2) is 54.6 Å². The summed E-state index contributed by atoms with van der Waals surface area (Å²) in [6.45, 7) is 29.0. The number of hydrogen-bond donors (Lipinski definition) is 0. The number of rotatable bonds is 5. The van der Waals surface area contributed by atoms with Gasteiger partial charge in [0.2, 0.25) is 0 Å². The molecule has 4 saturated heterocycles. The van der Waals surface area contributed by atoms with Gasteiger partial charge in [0.15, 0.2) is 13.1 Å². The molecule has 6 unspecified atom stereocenters. The van der Waals surface area contributed by atoms with E-state index < -0.39 is 13.5 Å². The Morgan fingerprint density at radius 1 is 0.607 bits per heavy atom. The molecule has 0 amide bonds. The SMILES string of the molecule is Cc1cc([N+](C)(C)C)cc(C)c1N1[CH+]C2(C)CCC1(C)CC2C.Cc1cc([N+](C)(C)C)cc(C)c1N1[CH+]C2(C)CCC1(C)CC2C.[Cl][Ru]([Cl])=[CH]c1ccccc1. The molecule has 56 heavy (non-hydrogen) atoms. The summed E-state index contributed by atoms with van der Waals surface area (Å²) in [7, 11) is 24.8. The Hall–Kier alpha value is -2.01. The Balaban J connectivity index is 0.000000173. The van der Waals surface area contributed by atoms with E-state index in [1.807, 2.05) is 34.9 Å². The molecule has 0 N–H and O–H groups in total. The van der Waals surface area contributed by atoms with Gasteiger partial charge in [-0.1, -0.05) is 13.8 Å². The minimum absolute atomic E-state index is 0.283. The Morgan fingerprint density at radius 3 is 1.23 bits per heavy atom. The number of piperidine rings is 4. The summed E-state index contributed by atoms with van der Waals surface area (Å²) in [6.07, 6.45) is 7.87. The summed E-state index contributed by atoms with van der Waals surface area (Å²) in [6, 6.07) is 19.4. The van der Waals surface area contributed by atoms with E-state index in [2.05, 4.69) is 159 Å². The maximum absolute atomic E-state index is 5.67. The van der Waals surface area contributed by atoms with Crippen LogP contribution in [0.4, 0.5) is 22.7 Å². The van der Waals surface area contributed by atoms with Gasteiger partial charge < -0.3 is 0 Å². The predicted octanol–water partition coefficient (Wildman–Crippen LogP) is 12.9. The maximum atomic E-state index is 5.67. The molecule has 4 nitrogen and oxygen atoms in total. The van der Waals surface area contributed by atoms with Crippen molar-refractivity contribution >= 4 is 46.7 Å². The van der Waals surface area contributed by atoms with Gasteiger partial charge in [0, 0.05) is 36.1 Å². The van der Waals surface area contributed by atoms with Gasteiger partial charge in [0.25, 0.3) is 0 Å². The molecule has 0 spiro atoms. The first-order chi connectivity index (χ1) is 25.7. The van der Waals surface area contributed by atoms with Gasteiger partial charge >= 0.3 is 73.4 Å². The third kappa shape index (κ3) is 9.39. The van der Waals surface area contributed by atoms with E-state index in [1.165, 1.54) is 83.5 Å². The molecule has 6 fully saturated rings. The fourth-order valence-electron chi connectivity index (χ4n) is 9.96. The number of hydrogen-bond acceptors (Lipinski definition) is 2. The van der Waals surface area contributed by atoms with Gasteiger partial charge in [-0.15, -0.1) is 0 Å². The van der Waals surface area contributed by atoms with Crippen LogP contribution in [0.3, 0.4) is 0 Å². The van der Waals surface area contributed by atoms with Crippen molar-refractivity contribution in [2.75, 3.05) is 52.1 Å². The van der Waals surface area contributed by atoms with Crippen LogP contribution < -0.4 is 18.8 Å². The van der Waals surface area contributed by atoms with Crippen molar-refractivity contribution < 1.29 is 13.5 Å². The second-order valence-corrected chi connectivity index (χ2v) is 26.5. The molecule has 4 bridgehead atoms. The zero-order valence-corrected chi connectivity index (χ0v) is 41.0. The predicted molar refractivity (Wildman–Crippen MR) is 247 cm³/mol. The van der Waals surface area contributed by atoms with Crippen LogP contribution in [0.1, 0.15) is 108 Å². The normalized spacial score (nSPS) is 29.6. The first-order valence-electron chi connectivity index (χ1n) is 20.8. The summed E-state index contributed by atoms with van der Waals surface area (Å²) in [5, 5.41) is 0. The minimum atomic E-state index is -1.61. The molecule has 6 atom stereocenters. The fraction of sp³-hybridized carbons (Fsp3) is 0.571. The van der Waals surface area contributed by atoms with Gasteiger partial charge in [-0.2, -0.15) is 0 Å². The first-order valence-corrected chi connectivity index (χ1v) is 26.2. The van der Waals surface area contributed by atoms with Gasteiger partial charge in [0.1, 0.15) is 22.2 Å². The van der Waals surface area contributed by atoms with E-state index in [0.29, 0.717) is 10.8 Å². The van der Waals surface area contributed by atoms with E-state index in [4.69, 9.17) is 19.4 Å². The monoisotopic (exact) mass is 890 g/mol. The average molecular weight is 891 g/mol. The number of benzene rings is 3. The Kier molecular flexibility index (Phi) is 13.1. The molecule has 3 aromatic carbocycles. The Morgan fingerprint density at radius 2 is 0.946 bits per heavy atom. The van der Waals surface area contributed by atoms with E-state index >= 15 is 0 Å². The van der Waals surface area contributed by atoms with E-state index in [9.17, 15) is 0 Å². The molecule has 9 rings (SSSR count).